The molecule has 1 saturated heterocycles. The Morgan fingerprint density at radius 1 is 1.21 bits per heavy atom. The standard InChI is InChI=1S/C16H21N3/c1-19(12-14-7-4-5-11-17-14)16-10-9-13-6-2-3-8-15(13)18-16/h2-3,6,8-10,14,17H,4-5,7,11-12H2,1H3. The maximum atomic E-state index is 4.74. The van der Waals surface area contributed by atoms with E-state index in [2.05, 4.69) is 47.6 Å². The van der Waals surface area contributed by atoms with Crippen molar-refractivity contribution in [3.05, 3.63) is 36.4 Å². The number of hydrogen-bond donors (Lipinski definition) is 1. The van der Waals surface area contributed by atoms with Crippen molar-refractivity contribution in [2.24, 2.45) is 0 Å². The average Bonchev–Trinajstić information content (AvgIpc) is 2.48. The van der Waals surface area contributed by atoms with Crippen LogP contribution < -0.4 is 10.2 Å². The third kappa shape index (κ3) is 2.87. The van der Waals surface area contributed by atoms with Gasteiger partial charge >= 0.3 is 0 Å². The first kappa shape index (κ1) is 12.4. The number of nitrogens with zero attached hydrogens (tertiary/aromatic N) is 2. The monoisotopic (exact) mass is 255 g/mol. The Hall–Kier alpha value is -1.61. The molecule has 3 heteroatoms. The number of likely N-dealkylation sites (N-methyl/N-ethyl adjacent to an activating group) is 1. The van der Waals surface area contributed by atoms with Crippen LogP contribution in [-0.4, -0.2) is 31.2 Å². The molecule has 0 saturated carbocycles. The maximum absolute atomic E-state index is 4.74. The molecule has 2 aromatic rings. The van der Waals surface area contributed by atoms with Gasteiger partial charge in [-0.2, -0.15) is 0 Å². The van der Waals surface area contributed by atoms with Crippen molar-refractivity contribution in [1.29, 1.82) is 0 Å². The fourth-order valence-electron chi connectivity index (χ4n) is 2.77. The molecule has 3 nitrogen and oxygen atoms in total. The molecule has 1 unspecified atom stereocenters. The molecular formula is C16H21N3. The van der Waals surface area contributed by atoms with Gasteiger partial charge in [-0.1, -0.05) is 24.6 Å². The predicted molar refractivity (Wildman–Crippen MR) is 80.7 cm³/mol. The summed E-state index contributed by atoms with van der Waals surface area (Å²) in [5, 5.41) is 4.79. The van der Waals surface area contributed by atoms with Crippen LogP contribution in [0.5, 0.6) is 0 Å². The molecule has 19 heavy (non-hydrogen) atoms. The van der Waals surface area contributed by atoms with E-state index < -0.39 is 0 Å². The Morgan fingerprint density at radius 3 is 2.95 bits per heavy atom. The van der Waals surface area contributed by atoms with E-state index in [9.17, 15) is 0 Å². The lowest BCUT2D eigenvalue weighted by Crippen LogP contribution is -2.42. The second kappa shape index (κ2) is 5.57. The minimum atomic E-state index is 0.604. The van der Waals surface area contributed by atoms with Gasteiger partial charge in [0.25, 0.3) is 0 Å². The average molecular weight is 255 g/mol. The van der Waals surface area contributed by atoms with Gasteiger partial charge in [0.1, 0.15) is 5.82 Å². The van der Waals surface area contributed by atoms with Crippen molar-refractivity contribution in [3.63, 3.8) is 0 Å². The van der Waals surface area contributed by atoms with Gasteiger partial charge in [0.2, 0.25) is 0 Å². The summed E-state index contributed by atoms with van der Waals surface area (Å²) >= 11 is 0. The summed E-state index contributed by atoms with van der Waals surface area (Å²) in [6, 6.07) is 13.2. The number of pyridine rings is 1. The van der Waals surface area contributed by atoms with Gasteiger partial charge in [0.05, 0.1) is 5.52 Å². The van der Waals surface area contributed by atoms with Gasteiger partial charge in [-0.3, -0.25) is 0 Å². The highest BCUT2D eigenvalue weighted by Crippen LogP contribution is 2.18. The molecule has 0 spiro atoms. The van der Waals surface area contributed by atoms with Crippen LogP contribution in [0, 0.1) is 0 Å². The van der Waals surface area contributed by atoms with Crippen molar-refractivity contribution in [2.45, 2.75) is 25.3 Å². The lowest BCUT2D eigenvalue weighted by atomic mass is 10.0. The number of benzene rings is 1. The van der Waals surface area contributed by atoms with Crippen LogP contribution in [0.1, 0.15) is 19.3 Å². The van der Waals surface area contributed by atoms with Crippen LogP contribution in [0.2, 0.25) is 0 Å². The molecule has 0 amide bonds. The fraction of sp³-hybridized carbons (Fsp3) is 0.438. The van der Waals surface area contributed by atoms with E-state index in [0.717, 1.165) is 24.4 Å². The zero-order valence-corrected chi connectivity index (χ0v) is 11.5. The third-order valence-electron chi connectivity index (χ3n) is 3.88. The zero-order chi connectivity index (χ0) is 13.1. The van der Waals surface area contributed by atoms with Gasteiger partial charge in [0, 0.05) is 25.0 Å². The molecule has 1 atom stereocenters. The second-order valence-electron chi connectivity index (χ2n) is 5.39. The second-order valence-corrected chi connectivity index (χ2v) is 5.39. The van der Waals surface area contributed by atoms with Crippen molar-refractivity contribution >= 4 is 16.7 Å². The number of para-hydroxylation sites is 1. The van der Waals surface area contributed by atoms with E-state index in [1.807, 2.05) is 6.07 Å². The molecule has 1 N–H and O–H groups in total. The first-order valence-electron chi connectivity index (χ1n) is 7.13. The lowest BCUT2D eigenvalue weighted by Gasteiger charge is -2.28. The number of rotatable bonds is 3. The van der Waals surface area contributed by atoms with Gasteiger partial charge in [0.15, 0.2) is 0 Å². The molecule has 2 heterocycles. The number of fused-ring (bicyclic) bond motifs is 1. The predicted octanol–water partition coefficient (Wildman–Crippen LogP) is 2.81. The summed E-state index contributed by atoms with van der Waals surface area (Å²) in [6.07, 6.45) is 3.93. The van der Waals surface area contributed by atoms with Crippen LogP contribution in [-0.2, 0) is 0 Å². The molecular weight excluding hydrogens is 234 g/mol. The van der Waals surface area contributed by atoms with E-state index in [0.29, 0.717) is 6.04 Å². The summed E-state index contributed by atoms with van der Waals surface area (Å²) in [5.41, 5.74) is 1.07. The van der Waals surface area contributed by atoms with Gasteiger partial charge in [-0.05, 0) is 37.6 Å². The highest BCUT2D eigenvalue weighted by atomic mass is 15.2. The molecule has 3 rings (SSSR count). The van der Waals surface area contributed by atoms with Crippen LogP contribution in [0.4, 0.5) is 5.82 Å². The number of piperidine rings is 1. The van der Waals surface area contributed by atoms with Crippen molar-refractivity contribution < 1.29 is 0 Å². The minimum absolute atomic E-state index is 0.604. The Labute approximate surface area is 114 Å². The Balaban J connectivity index is 1.75. The quantitative estimate of drug-likeness (QED) is 0.914. The molecule has 1 fully saturated rings. The molecule has 0 radical (unpaired) electrons. The van der Waals surface area contributed by atoms with Crippen molar-refractivity contribution in [3.8, 4) is 0 Å². The van der Waals surface area contributed by atoms with Crippen LogP contribution >= 0.6 is 0 Å². The molecule has 100 valence electrons. The first-order chi connectivity index (χ1) is 9.33. The largest absolute Gasteiger partial charge is 0.358 e. The molecule has 0 aliphatic carbocycles. The van der Waals surface area contributed by atoms with Crippen LogP contribution in [0.15, 0.2) is 36.4 Å². The third-order valence-corrected chi connectivity index (χ3v) is 3.88. The number of anilines is 1. The summed E-state index contributed by atoms with van der Waals surface area (Å²) in [4.78, 5) is 7.00. The summed E-state index contributed by atoms with van der Waals surface area (Å²) in [7, 11) is 2.13. The van der Waals surface area contributed by atoms with Gasteiger partial charge in [-0.25, -0.2) is 4.98 Å². The van der Waals surface area contributed by atoms with E-state index in [1.165, 1.54) is 24.6 Å². The molecule has 1 aromatic carbocycles. The van der Waals surface area contributed by atoms with E-state index in [1.54, 1.807) is 0 Å². The summed E-state index contributed by atoms with van der Waals surface area (Å²) < 4.78 is 0. The molecule has 1 aromatic heterocycles. The highest BCUT2D eigenvalue weighted by Gasteiger charge is 2.15. The molecule has 1 aliphatic heterocycles. The summed E-state index contributed by atoms with van der Waals surface area (Å²) in [6.45, 7) is 2.19. The number of nitrogens with one attached hydrogen (secondary N) is 1. The fourth-order valence-corrected chi connectivity index (χ4v) is 2.77. The van der Waals surface area contributed by atoms with Crippen LogP contribution in [0.25, 0.3) is 10.9 Å². The lowest BCUT2D eigenvalue weighted by molar-refractivity contribution is 0.403. The highest BCUT2D eigenvalue weighted by molar-refractivity contribution is 5.80. The van der Waals surface area contributed by atoms with Crippen molar-refractivity contribution in [1.82, 2.24) is 10.3 Å². The van der Waals surface area contributed by atoms with Crippen molar-refractivity contribution in [2.75, 3.05) is 25.0 Å². The number of hydrogen-bond acceptors (Lipinski definition) is 3. The van der Waals surface area contributed by atoms with E-state index >= 15 is 0 Å². The normalized spacial score (nSPS) is 19.5. The van der Waals surface area contributed by atoms with E-state index in [4.69, 9.17) is 4.98 Å². The maximum Gasteiger partial charge on any atom is 0.129 e. The molecule has 1 aliphatic rings. The van der Waals surface area contributed by atoms with Gasteiger partial charge in [-0.15, -0.1) is 0 Å². The Kier molecular flexibility index (Phi) is 3.65. The SMILES string of the molecule is CN(CC1CCCCN1)c1ccc2ccccc2n1. The topological polar surface area (TPSA) is 28.2 Å². The molecule has 0 bridgehead atoms. The van der Waals surface area contributed by atoms with E-state index in [-0.39, 0.29) is 0 Å². The first-order valence-corrected chi connectivity index (χ1v) is 7.13. The Morgan fingerprint density at radius 2 is 2.11 bits per heavy atom. The Bertz CT molecular complexity index is 546. The summed E-state index contributed by atoms with van der Waals surface area (Å²) in [5.74, 6) is 1.06. The number of aromatic nitrogens is 1. The van der Waals surface area contributed by atoms with Crippen LogP contribution in [0.3, 0.4) is 0 Å². The van der Waals surface area contributed by atoms with Gasteiger partial charge < -0.3 is 10.2 Å². The smallest absolute Gasteiger partial charge is 0.129 e. The minimum Gasteiger partial charge on any atom is -0.358 e. The zero-order valence-electron chi connectivity index (χ0n) is 11.5.